The Morgan fingerprint density at radius 2 is 2.05 bits per heavy atom. The first-order valence-corrected chi connectivity index (χ1v) is 6.45. The molecule has 0 aliphatic rings. The maximum atomic E-state index is 12.0. The van der Waals surface area contributed by atoms with Crippen molar-refractivity contribution in [2.75, 3.05) is 26.4 Å². The highest BCUT2D eigenvalue weighted by atomic mass is 16.5. The minimum absolute atomic E-state index is 0.0700. The molecule has 0 aliphatic heterocycles. The van der Waals surface area contributed by atoms with E-state index in [1.165, 1.54) is 12.0 Å². The standard InChI is InChI=1S/C15H17N3O3/c1-18(9-15(20)21-2)14(19)8-12-5-3-10-7-11(16)4-6-13(10)17-12/h3-7H,8-9,16H2,1-2H3. The van der Waals surface area contributed by atoms with Crippen molar-refractivity contribution in [1.82, 2.24) is 9.88 Å². The Morgan fingerprint density at radius 3 is 2.76 bits per heavy atom. The highest BCUT2D eigenvalue weighted by Gasteiger charge is 2.14. The molecule has 0 saturated heterocycles. The van der Waals surface area contributed by atoms with Gasteiger partial charge in [0.2, 0.25) is 5.91 Å². The second-order valence-corrected chi connectivity index (χ2v) is 4.76. The molecular formula is C15H17N3O3. The molecule has 1 amide bonds. The minimum atomic E-state index is -0.451. The number of likely N-dealkylation sites (N-methyl/N-ethyl adjacent to an activating group) is 1. The predicted molar refractivity (Wildman–Crippen MR) is 79.5 cm³/mol. The number of nitrogens with two attached hydrogens (primary N) is 1. The Morgan fingerprint density at radius 1 is 1.29 bits per heavy atom. The van der Waals surface area contributed by atoms with Crippen LogP contribution in [0.15, 0.2) is 30.3 Å². The van der Waals surface area contributed by atoms with Gasteiger partial charge in [0.25, 0.3) is 0 Å². The first kappa shape index (κ1) is 14.8. The van der Waals surface area contributed by atoms with Crippen molar-refractivity contribution in [3.05, 3.63) is 36.0 Å². The maximum absolute atomic E-state index is 12.0. The molecular weight excluding hydrogens is 270 g/mol. The van der Waals surface area contributed by atoms with Crippen LogP contribution in [0.2, 0.25) is 0 Å². The van der Waals surface area contributed by atoms with Crippen molar-refractivity contribution in [2.24, 2.45) is 0 Å². The van der Waals surface area contributed by atoms with Gasteiger partial charge in [0.1, 0.15) is 6.54 Å². The van der Waals surface area contributed by atoms with E-state index in [2.05, 4.69) is 9.72 Å². The summed E-state index contributed by atoms with van der Waals surface area (Å²) < 4.78 is 4.53. The Labute approximate surface area is 122 Å². The lowest BCUT2D eigenvalue weighted by Gasteiger charge is -2.15. The Hall–Kier alpha value is -2.63. The quantitative estimate of drug-likeness (QED) is 0.669. The van der Waals surface area contributed by atoms with Crippen LogP contribution in [-0.2, 0) is 20.7 Å². The molecule has 2 aromatic rings. The van der Waals surface area contributed by atoms with E-state index in [0.717, 1.165) is 10.9 Å². The van der Waals surface area contributed by atoms with Crippen LogP contribution in [0.5, 0.6) is 0 Å². The second kappa shape index (κ2) is 6.21. The molecule has 0 fully saturated rings. The van der Waals surface area contributed by atoms with E-state index in [1.54, 1.807) is 19.2 Å². The molecule has 6 nitrogen and oxygen atoms in total. The summed E-state index contributed by atoms with van der Waals surface area (Å²) in [5, 5.41) is 0.925. The average Bonchev–Trinajstić information content (AvgIpc) is 2.47. The van der Waals surface area contributed by atoms with E-state index in [9.17, 15) is 9.59 Å². The van der Waals surface area contributed by atoms with Gasteiger partial charge in [-0.05, 0) is 24.3 Å². The summed E-state index contributed by atoms with van der Waals surface area (Å²) in [7, 11) is 2.85. The molecule has 2 rings (SSSR count). The Balaban J connectivity index is 2.10. The molecule has 0 radical (unpaired) electrons. The number of esters is 1. The number of pyridine rings is 1. The zero-order chi connectivity index (χ0) is 15.4. The summed E-state index contributed by atoms with van der Waals surface area (Å²) in [5.41, 5.74) is 7.81. The zero-order valence-corrected chi connectivity index (χ0v) is 12.0. The highest BCUT2D eigenvalue weighted by molar-refractivity contribution is 5.85. The number of hydrogen-bond donors (Lipinski definition) is 1. The number of methoxy groups -OCH3 is 1. The van der Waals surface area contributed by atoms with Crippen LogP contribution >= 0.6 is 0 Å². The van der Waals surface area contributed by atoms with E-state index in [-0.39, 0.29) is 18.9 Å². The fourth-order valence-corrected chi connectivity index (χ4v) is 1.92. The number of carbonyl (C=O) groups excluding carboxylic acids is 2. The third-order valence-electron chi connectivity index (χ3n) is 3.12. The van der Waals surface area contributed by atoms with Gasteiger partial charge in [-0.1, -0.05) is 6.07 Å². The fourth-order valence-electron chi connectivity index (χ4n) is 1.92. The number of fused-ring (bicyclic) bond motifs is 1. The first-order valence-electron chi connectivity index (χ1n) is 6.45. The number of nitrogens with zero attached hydrogens (tertiary/aromatic N) is 2. The van der Waals surface area contributed by atoms with Gasteiger partial charge in [0.15, 0.2) is 0 Å². The molecule has 1 heterocycles. The van der Waals surface area contributed by atoms with Gasteiger partial charge in [-0.15, -0.1) is 0 Å². The van der Waals surface area contributed by atoms with Crippen molar-refractivity contribution >= 4 is 28.5 Å². The average molecular weight is 287 g/mol. The Kier molecular flexibility index (Phi) is 4.37. The lowest BCUT2D eigenvalue weighted by atomic mass is 10.1. The third kappa shape index (κ3) is 3.68. The van der Waals surface area contributed by atoms with Gasteiger partial charge in [-0.3, -0.25) is 14.6 Å². The van der Waals surface area contributed by atoms with Gasteiger partial charge in [-0.2, -0.15) is 0 Å². The molecule has 0 atom stereocenters. The van der Waals surface area contributed by atoms with Crippen molar-refractivity contribution < 1.29 is 14.3 Å². The molecule has 0 saturated carbocycles. The number of hydrogen-bond acceptors (Lipinski definition) is 5. The van der Waals surface area contributed by atoms with E-state index in [0.29, 0.717) is 11.4 Å². The van der Waals surface area contributed by atoms with Crippen LogP contribution in [0, 0.1) is 0 Å². The zero-order valence-electron chi connectivity index (χ0n) is 12.0. The summed E-state index contributed by atoms with van der Waals surface area (Å²) in [5.74, 6) is -0.643. The van der Waals surface area contributed by atoms with Gasteiger partial charge >= 0.3 is 5.97 Å². The summed E-state index contributed by atoms with van der Waals surface area (Å²) in [4.78, 5) is 28.9. The number of rotatable bonds is 4. The monoisotopic (exact) mass is 287 g/mol. The summed E-state index contributed by atoms with van der Waals surface area (Å²) in [6.07, 6.45) is 0.133. The predicted octanol–water partition coefficient (Wildman–Crippen LogP) is 0.991. The fraction of sp³-hybridized carbons (Fsp3) is 0.267. The van der Waals surface area contributed by atoms with Crippen molar-refractivity contribution in [1.29, 1.82) is 0 Å². The molecule has 1 aromatic heterocycles. The molecule has 0 aliphatic carbocycles. The molecule has 0 bridgehead atoms. The van der Waals surface area contributed by atoms with Crippen LogP contribution in [0.25, 0.3) is 10.9 Å². The van der Waals surface area contributed by atoms with Crippen LogP contribution in [0.4, 0.5) is 5.69 Å². The third-order valence-corrected chi connectivity index (χ3v) is 3.12. The van der Waals surface area contributed by atoms with Gasteiger partial charge < -0.3 is 15.4 Å². The summed E-state index contributed by atoms with van der Waals surface area (Å²) in [6, 6.07) is 9.08. The number of nitrogen functional groups attached to an aromatic ring is 1. The maximum Gasteiger partial charge on any atom is 0.325 e. The van der Waals surface area contributed by atoms with Crippen molar-refractivity contribution in [3.8, 4) is 0 Å². The SMILES string of the molecule is COC(=O)CN(C)C(=O)Cc1ccc2cc(N)ccc2n1. The number of benzene rings is 1. The molecule has 110 valence electrons. The first-order chi connectivity index (χ1) is 9.99. The topological polar surface area (TPSA) is 85.5 Å². The van der Waals surface area contributed by atoms with Crippen LogP contribution in [0.3, 0.4) is 0 Å². The number of carbonyl (C=O) groups is 2. The smallest absolute Gasteiger partial charge is 0.325 e. The highest BCUT2D eigenvalue weighted by Crippen LogP contribution is 2.16. The molecule has 0 unspecified atom stereocenters. The van der Waals surface area contributed by atoms with Crippen molar-refractivity contribution in [2.45, 2.75) is 6.42 Å². The molecule has 6 heteroatoms. The van der Waals surface area contributed by atoms with E-state index in [4.69, 9.17) is 5.73 Å². The number of anilines is 1. The van der Waals surface area contributed by atoms with Crippen LogP contribution in [-0.4, -0.2) is 42.5 Å². The van der Waals surface area contributed by atoms with Crippen LogP contribution < -0.4 is 5.73 Å². The molecule has 21 heavy (non-hydrogen) atoms. The largest absolute Gasteiger partial charge is 0.468 e. The molecule has 0 spiro atoms. The second-order valence-electron chi connectivity index (χ2n) is 4.76. The lowest BCUT2D eigenvalue weighted by molar-refractivity contribution is -0.145. The number of ether oxygens (including phenoxy) is 1. The molecule has 2 N–H and O–H groups in total. The number of aromatic nitrogens is 1. The molecule has 1 aromatic carbocycles. The summed E-state index contributed by atoms with van der Waals surface area (Å²) in [6.45, 7) is -0.0700. The van der Waals surface area contributed by atoms with E-state index >= 15 is 0 Å². The lowest BCUT2D eigenvalue weighted by Crippen LogP contribution is -2.33. The van der Waals surface area contributed by atoms with Crippen molar-refractivity contribution in [3.63, 3.8) is 0 Å². The van der Waals surface area contributed by atoms with Gasteiger partial charge in [0.05, 0.1) is 24.7 Å². The number of amides is 1. The summed E-state index contributed by atoms with van der Waals surface area (Å²) >= 11 is 0. The van der Waals surface area contributed by atoms with E-state index in [1.807, 2.05) is 18.2 Å². The Bertz CT molecular complexity index is 685. The van der Waals surface area contributed by atoms with Gasteiger partial charge in [0, 0.05) is 18.1 Å². The van der Waals surface area contributed by atoms with Crippen LogP contribution in [0.1, 0.15) is 5.69 Å². The normalized spacial score (nSPS) is 10.4. The van der Waals surface area contributed by atoms with E-state index < -0.39 is 5.97 Å². The van der Waals surface area contributed by atoms with Gasteiger partial charge in [-0.25, -0.2) is 0 Å². The minimum Gasteiger partial charge on any atom is -0.468 e.